The van der Waals surface area contributed by atoms with Gasteiger partial charge in [0.2, 0.25) is 0 Å². The molecule has 0 unspecified atom stereocenters. The molecule has 0 aromatic heterocycles. The fourth-order valence-electron chi connectivity index (χ4n) is 1.99. The Labute approximate surface area is 130 Å². The molecule has 2 rings (SSSR count). The highest BCUT2D eigenvalue weighted by atomic mass is 32.2. The SMILES string of the molecule is COc1ccc(C(C)C)cc1S(=O)(=O)Nc1ccc(F)cc1. The monoisotopic (exact) mass is 323 g/mol. The molecule has 0 fully saturated rings. The van der Waals surface area contributed by atoms with Crippen LogP contribution in [0.4, 0.5) is 10.1 Å². The third-order valence-corrected chi connectivity index (χ3v) is 4.64. The summed E-state index contributed by atoms with van der Waals surface area (Å²) in [5.41, 5.74) is 1.18. The second-order valence-corrected chi connectivity index (χ2v) is 6.83. The van der Waals surface area contributed by atoms with Crippen molar-refractivity contribution in [1.29, 1.82) is 0 Å². The summed E-state index contributed by atoms with van der Waals surface area (Å²) in [4.78, 5) is 0.0607. The highest BCUT2D eigenvalue weighted by molar-refractivity contribution is 7.92. The maximum atomic E-state index is 12.9. The predicted molar refractivity (Wildman–Crippen MR) is 84.3 cm³/mol. The van der Waals surface area contributed by atoms with Crippen LogP contribution in [0.5, 0.6) is 5.75 Å². The van der Waals surface area contributed by atoms with Crippen LogP contribution in [0.25, 0.3) is 0 Å². The van der Waals surface area contributed by atoms with Gasteiger partial charge >= 0.3 is 0 Å². The number of hydrogen-bond donors (Lipinski definition) is 1. The number of nitrogens with one attached hydrogen (secondary N) is 1. The molecule has 0 aliphatic heterocycles. The van der Waals surface area contributed by atoms with Crippen LogP contribution < -0.4 is 9.46 Å². The summed E-state index contributed by atoms with van der Waals surface area (Å²) in [5.74, 6) is 0.0204. The molecule has 0 saturated carbocycles. The summed E-state index contributed by atoms with van der Waals surface area (Å²) in [6.07, 6.45) is 0. The van der Waals surface area contributed by atoms with E-state index >= 15 is 0 Å². The average molecular weight is 323 g/mol. The molecule has 0 spiro atoms. The lowest BCUT2D eigenvalue weighted by Gasteiger charge is -2.14. The molecule has 0 atom stereocenters. The van der Waals surface area contributed by atoms with Gasteiger partial charge in [0.05, 0.1) is 7.11 Å². The van der Waals surface area contributed by atoms with Crippen molar-refractivity contribution in [2.24, 2.45) is 0 Å². The number of hydrogen-bond acceptors (Lipinski definition) is 3. The lowest BCUT2D eigenvalue weighted by Crippen LogP contribution is -2.14. The first-order valence-electron chi connectivity index (χ1n) is 6.80. The zero-order valence-electron chi connectivity index (χ0n) is 12.6. The van der Waals surface area contributed by atoms with E-state index in [9.17, 15) is 12.8 Å². The van der Waals surface area contributed by atoms with E-state index in [1.54, 1.807) is 12.1 Å². The van der Waals surface area contributed by atoms with Gasteiger partial charge in [0.1, 0.15) is 16.5 Å². The predicted octanol–water partition coefficient (Wildman–Crippen LogP) is 3.76. The standard InChI is InChI=1S/C16H18FNO3S/c1-11(2)12-4-9-15(21-3)16(10-12)22(19,20)18-14-7-5-13(17)6-8-14/h4-11,18H,1-3H3. The molecule has 0 aliphatic carbocycles. The van der Waals surface area contributed by atoms with Crippen LogP contribution in [0.2, 0.25) is 0 Å². The fourth-order valence-corrected chi connectivity index (χ4v) is 3.25. The Morgan fingerprint density at radius 2 is 1.73 bits per heavy atom. The summed E-state index contributed by atoms with van der Waals surface area (Å²) in [5, 5.41) is 0. The summed E-state index contributed by atoms with van der Waals surface area (Å²) in [6.45, 7) is 3.96. The van der Waals surface area contributed by atoms with Crippen molar-refractivity contribution in [1.82, 2.24) is 0 Å². The fraction of sp³-hybridized carbons (Fsp3) is 0.250. The van der Waals surface area contributed by atoms with E-state index in [0.717, 1.165) is 5.56 Å². The van der Waals surface area contributed by atoms with Crippen LogP contribution in [-0.4, -0.2) is 15.5 Å². The van der Waals surface area contributed by atoms with Crippen molar-refractivity contribution in [2.45, 2.75) is 24.7 Å². The third kappa shape index (κ3) is 3.57. The number of rotatable bonds is 5. The molecular weight excluding hydrogens is 305 g/mol. The quantitative estimate of drug-likeness (QED) is 0.911. The lowest BCUT2D eigenvalue weighted by molar-refractivity contribution is 0.402. The van der Waals surface area contributed by atoms with Crippen molar-refractivity contribution < 1.29 is 17.5 Å². The van der Waals surface area contributed by atoms with Gasteiger partial charge in [-0.2, -0.15) is 0 Å². The first-order valence-corrected chi connectivity index (χ1v) is 8.28. The van der Waals surface area contributed by atoms with Crippen molar-refractivity contribution in [3.63, 3.8) is 0 Å². The van der Waals surface area contributed by atoms with Gasteiger partial charge in [0.15, 0.2) is 0 Å². The molecule has 0 aliphatic rings. The maximum Gasteiger partial charge on any atom is 0.265 e. The Bertz CT molecular complexity index is 755. The van der Waals surface area contributed by atoms with Crippen molar-refractivity contribution in [2.75, 3.05) is 11.8 Å². The summed E-state index contributed by atoms with van der Waals surface area (Å²) in [6, 6.07) is 10.2. The van der Waals surface area contributed by atoms with Gasteiger partial charge in [-0.25, -0.2) is 12.8 Å². The molecule has 0 bridgehead atoms. The van der Waals surface area contributed by atoms with Crippen LogP contribution in [0.1, 0.15) is 25.3 Å². The van der Waals surface area contributed by atoms with Crippen LogP contribution in [0, 0.1) is 5.82 Å². The van der Waals surface area contributed by atoms with E-state index in [0.29, 0.717) is 5.69 Å². The molecule has 6 heteroatoms. The minimum atomic E-state index is -3.82. The van der Waals surface area contributed by atoms with Crippen molar-refractivity contribution in [3.05, 3.63) is 53.8 Å². The minimum absolute atomic E-state index is 0.0607. The topological polar surface area (TPSA) is 55.4 Å². The minimum Gasteiger partial charge on any atom is -0.495 e. The molecule has 22 heavy (non-hydrogen) atoms. The number of ether oxygens (including phenoxy) is 1. The third-order valence-electron chi connectivity index (χ3n) is 3.24. The van der Waals surface area contributed by atoms with E-state index in [1.165, 1.54) is 31.4 Å². The summed E-state index contributed by atoms with van der Waals surface area (Å²) >= 11 is 0. The van der Waals surface area contributed by atoms with Gasteiger partial charge in [0, 0.05) is 5.69 Å². The smallest absolute Gasteiger partial charge is 0.265 e. The van der Waals surface area contributed by atoms with Crippen LogP contribution >= 0.6 is 0 Å². The van der Waals surface area contributed by atoms with Crippen molar-refractivity contribution in [3.8, 4) is 5.75 Å². The zero-order chi connectivity index (χ0) is 16.3. The Morgan fingerprint density at radius 3 is 2.27 bits per heavy atom. The maximum absolute atomic E-state index is 12.9. The van der Waals surface area contributed by atoms with E-state index < -0.39 is 15.8 Å². The van der Waals surface area contributed by atoms with Gasteiger partial charge in [-0.05, 0) is 47.9 Å². The lowest BCUT2D eigenvalue weighted by atomic mass is 10.0. The largest absolute Gasteiger partial charge is 0.495 e. The highest BCUT2D eigenvalue weighted by Crippen LogP contribution is 2.29. The highest BCUT2D eigenvalue weighted by Gasteiger charge is 2.21. The number of halogens is 1. The molecule has 4 nitrogen and oxygen atoms in total. The van der Waals surface area contributed by atoms with Gasteiger partial charge in [0.25, 0.3) is 10.0 Å². The number of benzene rings is 2. The van der Waals surface area contributed by atoms with Gasteiger partial charge < -0.3 is 4.74 Å². The van der Waals surface area contributed by atoms with E-state index in [4.69, 9.17) is 4.74 Å². The van der Waals surface area contributed by atoms with Gasteiger partial charge in [-0.15, -0.1) is 0 Å². The molecule has 0 radical (unpaired) electrons. The Balaban J connectivity index is 2.43. The number of sulfonamides is 1. The Kier molecular flexibility index (Phi) is 4.71. The normalized spacial score (nSPS) is 11.5. The molecule has 1 N–H and O–H groups in total. The first kappa shape index (κ1) is 16.3. The van der Waals surface area contributed by atoms with Crippen LogP contribution in [0.3, 0.4) is 0 Å². The average Bonchev–Trinajstić information content (AvgIpc) is 2.48. The van der Waals surface area contributed by atoms with E-state index in [1.807, 2.05) is 19.9 Å². The molecular formula is C16H18FNO3S. The van der Waals surface area contributed by atoms with Gasteiger partial charge in [-0.3, -0.25) is 4.72 Å². The molecule has 0 heterocycles. The Morgan fingerprint density at radius 1 is 1.09 bits per heavy atom. The second-order valence-electron chi connectivity index (χ2n) is 5.18. The molecule has 2 aromatic rings. The number of anilines is 1. The number of methoxy groups -OCH3 is 1. The molecule has 2 aromatic carbocycles. The van der Waals surface area contributed by atoms with Gasteiger partial charge in [-0.1, -0.05) is 19.9 Å². The zero-order valence-corrected chi connectivity index (χ0v) is 13.4. The molecule has 0 amide bonds. The molecule has 0 saturated heterocycles. The summed E-state index contributed by atoms with van der Waals surface area (Å²) < 4.78 is 45.6. The first-order chi connectivity index (χ1) is 10.3. The Hall–Kier alpha value is -2.08. The van der Waals surface area contributed by atoms with E-state index in [2.05, 4.69) is 4.72 Å². The summed E-state index contributed by atoms with van der Waals surface area (Å²) in [7, 11) is -2.40. The van der Waals surface area contributed by atoms with Crippen LogP contribution in [0.15, 0.2) is 47.4 Å². The van der Waals surface area contributed by atoms with E-state index in [-0.39, 0.29) is 16.6 Å². The molecule has 118 valence electrons. The second kappa shape index (κ2) is 6.36. The van der Waals surface area contributed by atoms with Crippen LogP contribution in [-0.2, 0) is 10.0 Å². The van der Waals surface area contributed by atoms with Crippen molar-refractivity contribution >= 4 is 15.7 Å².